The second-order valence-corrected chi connectivity index (χ2v) is 10.4. The highest BCUT2D eigenvalue weighted by Gasteiger charge is 2.27. The van der Waals surface area contributed by atoms with Crippen LogP contribution >= 0.6 is 15.9 Å². The molecular formula is C22H26BrFN2O5S. The van der Waals surface area contributed by atoms with Crippen molar-refractivity contribution in [3.05, 3.63) is 63.9 Å². The van der Waals surface area contributed by atoms with E-state index in [4.69, 9.17) is 9.29 Å². The first-order valence-electron chi connectivity index (χ1n) is 10.2. The summed E-state index contributed by atoms with van der Waals surface area (Å²) in [5, 5.41) is 0. The van der Waals surface area contributed by atoms with Crippen molar-refractivity contribution in [3.8, 4) is 5.75 Å². The molecule has 0 aliphatic carbocycles. The molecule has 1 aliphatic heterocycles. The van der Waals surface area contributed by atoms with Crippen molar-refractivity contribution < 1.29 is 26.9 Å². The van der Waals surface area contributed by atoms with Crippen LogP contribution in [0.1, 0.15) is 18.1 Å². The van der Waals surface area contributed by atoms with Gasteiger partial charge in [0, 0.05) is 36.7 Å². The van der Waals surface area contributed by atoms with Crippen LogP contribution in [0, 0.1) is 5.82 Å². The number of nitrogens with zero attached hydrogens (tertiary/aromatic N) is 2. The van der Waals surface area contributed by atoms with Gasteiger partial charge in [-0.25, -0.2) is 4.39 Å². The normalized spacial score (nSPS) is 17.4. The topological polar surface area (TPSA) is 87.2 Å². The Bertz CT molecular complexity index is 1050. The number of benzene rings is 2. The molecule has 0 saturated carbocycles. The molecule has 10 heteroatoms. The van der Waals surface area contributed by atoms with E-state index < -0.39 is 15.9 Å². The minimum absolute atomic E-state index is 0.00998. The van der Waals surface area contributed by atoms with E-state index in [2.05, 4.69) is 20.8 Å². The van der Waals surface area contributed by atoms with Crippen molar-refractivity contribution in [2.24, 2.45) is 0 Å². The van der Waals surface area contributed by atoms with Gasteiger partial charge < -0.3 is 9.64 Å². The van der Waals surface area contributed by atoms with Crippen LogP contribution in [0.3, 0.4) is 0 Å². The van der Waals surface area contributed by atoms with E-state index >= 15 is 0 Å². The number of carbonyl (C=O) groups is 1. The Balaban J connectivity index is 1.55. The second kappa shape index (κ2) is 10.7. The average molecular weight is 529 g/mol. The first-order valence-corrected chi connectivity index (χ1v) is 12.6. The number of piperazine rings is 1. The first kappa shape index (κ1) is 24.6. The third-order valence-corrected chi connectivity index (χ3v) is 6.57. The Labute approximate surface area is 196 Å². The SMILES string of the molecule is CC1CN(Cc2ccc(F)cc2)CCN1C(=O)COc1ccc(Br)cc1CCS(=O)(=O)O. The molecule has 0 spiro atoms. The molecule has 1 saturated heterocycles. The number of carbonyl (C=O) groups excluding carboxylic acids is 1. The number of hydrogen-bond acceptors (Lipinski definition) is 5. The zero-order valence-electron chi connectivity index (χ0n) is 17.7. The van der Waals surface area contributed by atoms with Crippen LogP contribution in [0.4, 0.5) is 4.39 Å². The van der Waals surface area contributed by atoms with E-state index in [-0.39, 0.29) is 30.8 Å². The maximum Gasteiger partial charge on any atom is 0.265 e. The Kier molecular flexibility index (Phi) is 8.26. The number of rotatable bonds is 8. The van der Waals surface area contributed by atoms with Crippen molar-refractivity contribution >= 4 is 32.0 Å². The molecule has 0 radical (unpaired) electrons. The van der Waals surface area contributed by atoms with E-state index in [1.165, 1.54) is 12.1 Å². The average Bonchev–Trinajstić information content (AvgIpc) is 2.72. The van der Waals surface area contributed by atoms with Crippen molar-refractivity contribution in [3.63, 3.8) is 0 Å². The quantitative estimate of drug-likeness (QED) is 0.529. The number of aryl methyl sites for hydroxylation is 1. The molecule has 174 valence electrons. The van der Waals surface area contributed by atoms with Gasteiger partial charge in [0.2, 0.25) is 0 Å². The van der Waals surface area contributed by atoms with Crippen LogP contribution in [0.15, 0.2) is 46.9 Å². The molecule has 32 heavy (non-hydrogen) atoms. The maximum absolute atomic E-state index is 13.1. The maximum atomic E-state index is 13.1. The molecule has 1 heterocycles. The highest BCUT2D eigenvalue weighted by atomic mass is 79.9. The third kappa shape index (κ3) is 7.26. The Hall–Kier alpha value is -2.01. The van der Waals surface area contributed by atoms with Crippen LogP contribution in [0.2, 0.25) is 0 Å². The van der Waals surface area contributed by atoms with E-state index in [0.29, 0.717) is 37.5 Å². The first-order chi connectivity index (χ1) is 15.1. The number of halogens is 2. The number of ether oxygens (including phenoxy) is 1. The monoisotopic (exact) mass is 528 g/mol. The van der Waals surface area contributed by atoms with Gasteiger partial charge in [0.15, 0.2) is 6.61 Å². The van der Waals surface area contributed by atoms with Crippen LogP contribution in [-0.4, -0.2) is 66.7 Å². The van der Waals surface area contributed by atoms with Crippen LogP contribution < -0.4 is 4.74 Å². The minimum Gasteiger partial charge on any atom is -0.483 e. The number of hydrogen-bond donors (Lipinski definition) is 1. The van der Waals surface area contributed by atoms with Gasteiger partial charge in [-0.3, -0.25) is 14.2 Å². The van der Waals surface area contributed by atoms with E-state index in [0.717, 1.165) is 10.0 Å². The predicted molar refractivity (Wildman–Crippen MR) is 123 cm³/mol. The molecule has 2 aromatic rings. The van der Waals surface area contributed by atoms with Crippen molar-refractivity contribution in [2.75, 3.05) is 32.0 Å². The van der Waals surface area contributed by atoms with Gasteiger partial charge in [-0.15, -0.1) is 0 Å². The fraction of sp³-hybridized carbons (Fsp3) is 0.409. The van der Waals surface area contributed by atoms with Crippen molar-refractivity contribution in [1.29, 1.82) is 0 Å². The summed E-state index contributed by atoms with van der Waals surface area (Å²) in [5.41, 5.74) is 1.61. The number of amides is 1. The smallest absolute Gasteiger partial charge is 0.265 e. The summed E-state index contributed by atoms with van der Waals surface area (Å²) in [6, 6.07) is 11.5. The van der Waals surface area contributed by atoms with Gasteiger partial charge in [0.05, 0.1) is 5.75 Å². The van der Waals surface area contributed by atoms with Gasteiger partial charge in [-0.1, -0.05) is 28.1 Å². The fourth-order valence-electron chi connectivity index (χ4n) is 3.74. The van der Waals surface area contributed by atoms with Crippen molar-refractivity contribution in [2.45, 2.75) is 25.9 Å². The standard InChI is InChI=1S/C22H26BrFN2O5S/c1-16-13-25(14-17-2-5-20(24)6-3-17)9-10-26(16)22(27)15-31-21-7-4-19(23)12-18(21)8-11-32(28,29)30/h2-7,12,16H,8-11,13-15H2,1H3,(H,28,29,30). The molecule has 1 N–H and O–H groups in total. The third-order valence-electron chi connectivity index (χ3n) is 5.35. The van der Waals surface area contributed by atoms with Gasteiger partial charge >= 0.3 is 0 Å². The summed E-state index contributed by atoms with van der Waals surface area (Å²) in [7, 11) is -4.11. The summed E-state index contributed by atoms with van der Waals surface area (Å²) in [6.07, 6.45) is 0.0697. The molecule has 0 aromatic heterocycles. The Morgan fingerprint density at radius 2 is 1.94 bits per heavy atom. The highest BCUT2D eigenvalue weighted by Crippen LogP contribution is 2.24. The van der Waals surface area contributed by atoms with Gasteiger partial charge in [0.1, 0.15) is 11.6 Å². The molecule has 1 amide bonds. The molecule has 1 aliphatic rings. The summed E-state index contributed by atoms with van der Waals surface area (Å²) >= 11 is 3.33. The van der Waals surface area contributed by atoms with E-state index in [1.54, 1.807) is 35.2 Å². The molecule has 3 rings (SSSR count). The molecule has 7 nitrogen and oxygen atoms in total. The van der Waals surface area contributed by atoms with Gasteiger partial charge in [-0.2, -0.15) is 8.42 Å². The van der Waals surface area contributed by atoms with Crippen molar-refractivity contribution in [1.82, 2.24) is 9.80 Å². The second-order valence-electron chi connectivity index (χ2n) is 7.87. The predicted octanol–water partition coefficient (Wildman–Crippen LogP) is 3.13. The zero-order valence-corrected chi connectivity index (χ0v) is 20.1. The van der Waals surface area contributed by atoms with E-state index in [1.807, 2.05) is 6.92 Å². The summed E-state index contributed by atoms with van der Waals surface area (Å²) in [5.74, 6) is -0.430. The fourth-order valence-corrected chi connectivity index (χ4v) is 4.63. The molecule has 1 fully saturated rings. The van der Waals surface area contributed by atoms with Crippen LogP contribution in [0.5, 0.6) is 5.75 Å². The molecule has 0 bridgehead atoms. The lowest BCUT2D eigenvalue weighted by Gasteiger charge is -2.39. The van der Waals surface area contributed by atoms with Crippen LogP contribution in [-0.2, 0) is 27.9 Å². The molecular weight excluding hydrogens is 503 g/mol. The minimum atomic E-state index is -4.11. The summed E-state index contributed by atoms with van der Waals surface area (Å²) < 4.78 is 50.7. The highest BCUT2D eigenvalue weighted by molar-refractivity contribution is 9.10. The molecule has 2 aromatic carbocycles. The lowest BCUT2D eigenvalue weighted by Crippen LogP contribution is -2.54. The zero-order chi connectivity index (χ0) is 23.3. The Morgan fingerprint density at radius 3 is 2.59 bits per heavy atom. The van der Waals surface area contributed by atoms with Gasteiger partial charge in [0.25, 0.3) is 16.0 Å². The van der Waals surface area contributed by atoms with Crippen LogP contribution in [0.25, 0.3) is 0 Å². The summed E-state index contributed by atoms with van der Waals surface area (Å²) in [6.45, 7) is 4.46. The lowest BCUT2D eigenvalue weighted by atomic mass is 10.1. The van der Waals surface area contributed by atoms with E-state index in [9.17, 15) is 17.6 Å². The Morgan fingerprint density at radius 1 is 1.22 bits per heavy atom. The lowest BCUT2D eigenvalue weighted by molar-refractivity contribution is -0.138. The summed E-state index contributed by atoms with van der Waals surface area (Å²) in [4.78, 5) is 16.8. The van der Waals surface area contributed by atoms with Gasteiger partial charge in [-0.05, 0) is 54.8 Å². The molecule has 1 unspecified atom stereocenters. The largest absolute Gasteiger partial charge is 0.483 e. The molecule has 1 atom stereocenters.